The van der Waals surface area contributed by atoms with Gasteiger partial charge in [0.25, 0.3) is 0 Å². The first-order valence-electron chi connectivity index (χ1n) is 12.6. The molecule has 0 bridgehead atoms. The number of esters is 2. The second-order valence-electron chi connectivity index (χ2n) is 9.01. The quantitative estimate of drug-likeness (QED) is 0.0914. The fraction of sp³-hybridized carbons (Fsp3) is 0.333. The Labute approximate surface area is 224 Å². The van der Waals surface area contributed by atoms with Crippen LogP contribution in [0.2, 0.25) is 0 Å². The molecular weight excluding hydrogens is 516 g/mol. The highest BCUT2D eigenvalue weighted by atomic mass is 19.4. The lowest BCUT2D eigenvalue weighted by atomic mass is 9.89. The summed E-state index contributed by atoms with van der Waals surface area (Å²) in [6.07, 6.45) is 0.581. The van der Waals surface area contributed by atoms with Crippen LogP contribution >= 0.6 is 0 Å². The van der Waals surface area contributed by atoms with E-state index in [2.05, 4.69) is 11.3 Å². The van der Waals surface area contributed by atoms with Crippen molar-refractivity contribution in [2.24, 2.45) is 0 Å². The molecule has 2 unspecified atom stereocenters. The van der Waals surface area contributed by atoms with Gasteiger partial charge >= 0.3 is 18.1 Å². The van der Waals surface area contributed by atoms with E-state index < -0.39 is 47.6 Å². The van der Waals surface area contributed by atoms with Gasteiger partial charge in [-0.15, -0.1) is 6.58 Å². The van der Waals surface area contributed by atoms with E-state index in [0.717, 1.165) is 29.3 Å². The predicted molar refractivity (Wildman–Crippen MR) is 138 cm³/mol. The van der Waals surface area contributed by atoms with E-state index in [4.69, 9.17) is 9.47 Å². The number of alkyl halides is 3. The third-order valence-corrected chi connectivity index (χ3v) is 6.12. The van der Waals surface area contributed by atoms with Gasteiger partial charge in [0, 0.05) is 12.5 Å². The van der Waals surface area contributed by atoms with Gasteiger partial charge in [0.15, 0.2) is 11.7 Å². The molecule has 2 atom stereocenters. The van der Waals surface area contributed by atoms with Crippen LogP contribution in [0.3, 0.4) is 0 Å². The molecule has 1 aliphatic carbocycles. The zero-order valence-corrected chi connectivity index (χ0v) is 21.5. The van der Waals surface area contributed by atoms with Crippen LogP contribution in [0.4, 0.5) is 17.6 Å². The molecule has 208 valence electrons. The van der Waals surface area contributed by atoms with E-state index >= 15 is 0 Å². The van der Waals surface area contributed by atoms with Crippen LogP contribution in [-0.2, 0) is 14.3 Å². The molecule has 0 spiro atoms. The molecular formula is C30H30F4O5. The maximum absolute atomic E-state index is 14.7. The maximum Gasteiger partial charge on any atom is 0.425 e. The van der Waals surface area contributed by atoms with Gasteiger partial charge in [-0.3, -0.25) is 0 Å². The number of halogens is 4. The highest BCUT2D eigenvalue weighted by Crippen LogP contribution is 2.32. The van der Waals surface area contributed by atoms with Crippen LogP contribution in [0.25, 0.3) is 5.57 Å². The number of hydrogen-bond donors (Lipinski definition) is 0. The minimum Gasteiger partial charge on any atom is -0.449 e. The van der Waals surface area contributed by atoms with Crippen molar-refractivity contribution in [1.82, 2.24) is 0 Å². The van der Waals surface area contributed by atoms with Crippen LogP contribution in [0.1, 0.15) is 54.9 Å². The molecule has 0 saturated carbocycles. The second-order valence-corrected chi connectivity index (χ2v) is 9.01. The lowest BCUT2D eigenvalue weighted by Crippen LogP contribution is -2.43. The summed E-state index contributed by atoms with van der Waals surface area (Å²) in [6.45, 7) is 5.46. The Hall–Kier alpha value is -3.72. The van der Waals surface area contributed by atoms with Gasteiger partial charge in [-0.2, -0.15) is 13.2 Å². The topological polar surface area (TPSA) is 61.8 Å². The Bertz CT molecular complexity index is 1220. The van der Waals surface area contributed by atoms with Crippen LogP contribution in [0.15, 0.2) is 79.4 Å². The molecule has 3 rings (SSSR count). The van der Waals surface area contributed by atoms with E-state index in [-0.39, 0.29) is 25.2 Å². The molecule has 0 radical (unpaired) electrons. The van der Waals surface area contributed by atoms with Crippen molar-refractivity contribution in [3.63, 3.8) is 0 Å². The first-order chi connectivity index (χ1) is 18.6. The molecule has 0 heterocycles. The largest absolute Gasteiger partial charge is 0.449 e. The van der Waals surface area contributed by atoms with Crippen molar-refractivity contribution in [1.29, 1.82) is 0 Å². The average molecular weight is 547 g/mol. The number of rotatable bonds is 12. The third kappa shape index (κ3) is 7.89. The lowest BCUT2D eigenvalue weighted by Gasteiger charge is -2.30. The number of carbonyl (C=O) groups is 2. The van der Waals surface area contributed by atoms with Crippen LogP contribution in [0, 0.1) is 5.82 Å². The van der Waals surface area contributed by atoms with Crippen molar-refractivity contribution < 1.29 is 41.4 Å². The molecule has 9 heteroatoms. The van der Waals surface area contributed by atoms with Gasteiger partial charge in [-0.25, -0.2) is 14.0 Å². The van der Waals surface area contributed by atoms with E-state index in [1.54, 1.807) is 12.2 Å². The molecule has 2 aromatic carbocycles. The summed E-state index contributed by atoms with van der Waals surface area (Å²) in [7, 11) is 0. The summed E-state index contributed by atoms with van der Waals surface area (Å²) in [5.41, 5.74) is -0.395. The molecule has 0 N–H and O–H groups in total. The Balaban J connectivity index is 1.73. The van der Waals surface area contributed by atoms with E-state index in [1.807, 2.05) is 43.3 Å². The van der Waals surface area contributed by atoms with Gasteiger partial charge in [-0.1, -0.05) is 68.3 Å². The normalized spacial score (nSPS) is 17.7. The van der Waals surface area contributed by atoms with Crippen LogP contribution in [-0.4, -0.2) is 36.4 Å². The summed E-state index contributed by atoms with van der Waals surface area (Å²) >= 11 is 0. The summed E-state index contributed by atoms with van der Waals surface area (Å²) < 4.78 is 70.3. The minimum absolute atomic E-state index is 0.0335. The van der Waals surface area contributed by atoms with Gasteiger partial charge in [0.1, 0.15) is 11.6 Å². The zero-order valence-electron chi connectivity index (χ0n) is 21.5. The Morgan fingerprint density at radius 1 is 1.13 bits per heavy atom. The van der Waals surface area contributed by atoms with Gasteiger partial charge in [0.05, 0.1) is 12.2 Å². The SMILES string of the molecule is C=CCOC1(C(=O)Oc2ccc(C(=O)OC(CCCCC)C(F)(F)F)c(F)c2)C=CC(c2ccccc2)=CC1. The third-order valence-electron chi connectivity index (χ3n) is 6.12. The van der Waals surface area contributed by atoms with Crippen molar-refractivity contribution in [2.45, 2.75) is 56.9 Å². The standard InChI is InChI=1S/C30H30F4O5/c1-3-5-7-12-26(30(32,33)34)39-27(35)24-14-13-23(20-25(24)31)38-28(36)29(37-19-4-2)17-15-22(16-18-29)21-10-8-6-9-11-21/h4,6,8-11,13-17,20,26H,2-3,5,7,12,18-19H2,1H3. The Morgan fingerprint density at radius 3 is 2.46 bits per heavy atom. The molecule has 0 amide bonds. The first-order valence-corrected chi connectivity index (χ1v) is 12.6. The van der Waals surface area contributed by atoms with Crippen molar-refractivity contribution in [3.8, 4) is 5.75 Å². The Kier molecular flexibility index (Phi) is 10.2. The van der Waals surface area contributed by atoms with E-state index in [0.29, 0.717) is 12.8 Å². The summed E-state index contributed by atoms with van der Waals surface area (Å²) in [6, 6.07) is 12.3. The average Bonchev–Trinajstić information content (AvgIpc) is 2.91. The lowest BCUT2D eigenvalue weighted by molar-refractivity contribution is -0.206. The monoisotopic (exact) mass is 546 g/mol. The van der Waals surface area contributed by atoms with Crippen molar-refractivity contribution >= 4 is 17.5 Å². The molecule has 0 aliphatic heterocycles. The van der Waals surface area contributed by atoms with E-state index in [1.165, 1.54) is 6.08 Å². The smallest absolute Gasteiger partial charge is 0.425 e. The van der Waals surface area contributed by atoms with Crippen molar-refractivity contribution in [3.05, 3.63) is 96.4 Å². The van der Waals surface area contributed by atoms with Crippen molar-refractivity contribution in [2.75, 3.05) is 6.61 Å². The molecule has 0 fully saturated rings. The molecule has 39 heavy (non-hydrogen) atoms. The van der Waals surface area contributed by atoms with E-state index in [9.17, 15) is 27.2 Å². The molecule has 5 nitrogen and oxygen atoms in total. The zero-order chi connectivity index (χ0) is 28.5. The molecule has 1 aliphatic rings. The summed E-state index contributed by atoms with van der Waals surface area (Å²) in [5.74, 6) is -3.74. The predicted octanol–water partition coefficient (Wildman–Crippen LogP) is 7.38. The number of ether oxygens (including phenoxy) is 3. The molecule has 0 saturated heterocycles. The molecule has 0 aromatic heterocycles. The second kappa shape index (κ2) is 13.4. The summed E-state index contributed by atoms with van der Waals surface area (Å²) in [5, 5.41) is 0. The maximum atomic E-state index is 14.7. The minimum atomic E-state index is -4.78. The fourth-order valence-corrected chi connectivity index (χ4v) is 3.97. The number of allylic oxidation sites excluding steroid dienone is 2. The first kappa shape index (κ1) is 29.8. The molecule has 2 aromatic rings. The number of hydrogen-bond acceptors (Lipinski definition) is 5. The fourth-order valence-electron chi connectivity index (χ4n) is 3.97. The highest BCUT2D eigenvalue weighted by Gasteiger charge is 2.43. The number of benzene rings is 2. The van der Waals surface area contributed by atoms with Gasteiger partial charge in [-0.05, 0) is 42.2 Å². The summed E-state index contributed by atoms with van der Waals surface area (Å²) in [4.78, 5) is 25.5. The van der Waals surface area contributed by atoms with Crippen LogP contribution < -0.4 is 4.74 Å². The van der Waals surface area contributed by atoms with Crippen LogP contribution in [0.5, 0.6) is 5.75 Å². The number of carbonyl (C=O) groups excluding carboxylic acids is 2. The number of unbranched alkanes of at least 4 members (excludes halogenated alkanes) is 2. The van der Waals surface area contributed by atoms with Gasteiger partial charge < -0.3 is 14.2 Å². The van der Waals surface area contributed by atoms with Gasteiger partial charge in [0.2, 0.25) is 0 Å². The Morgan fingerprint density at radius 2 is 1.87 bits per heavy atom. The highest BCUT2D eigenvalue weighted by molar-refractivity contribution is 5.91.